The lowest BCUT2D eigenvalue weighted by atomic mass is 10.1. The van der Waals surface area contributed by atoms with Crippen LogP contribution < -0.4 is 5.32 Å². The molecule has 0 saturated carbocycles. The average Bonchev–Trinajstić information content (AvgIpc) is 2.97. The van der Waals surface area contributed by atoms with Crippen molar-refractivity contribution in [1.82, 2.24) is 20.3 Å². The molecule has 1 aromatic heterocycles. The van der Waals surface area contributed by atoms with Gasteiger partial charge in [-0.25, -0.2) is 9.07 Å². The van der Waals surface area contributed by atoms with Crippen LogP contribution in [0.5, 0.6) is 0 Å². The molecule has 21 heavy (non-hydrogen) atoms. The van der Waals surface area contributed by atoms with Gasteiger partial charge in [0.15, 0.2) is 5.69 Å². The standard InChI is InChI=1S/C14H17FN4O2/c1-10(11-5-3-4-6-12(11)15)19-9-13(17-18-19)14(20)16-7-8-21-2/h3-6,9-10H,7-8H2,1-2H3,(H,16,20)/t10-/m0/s1. The van der Waals surface area contributed by atoms with Crippen LogP contribution in [0, 0.1) is 5.82 Å². The van der Waals surface area contributed by atoms with Gasteiger partial charge in [0.05, 0.1) is 18.8 Å². The molecule has 0 radical (unpaired) electrons. The molecular formula is C14H17FN4O2. The molecule has 0 aliphatic carbocycles. The average molecular weight is 292 g/mol. The maximum Gasteiger partial charge on any atom is 0.273 e. The maximum atomic E-state index is 13.7. The first-order valence-electron chi connectivity index (χ1n) is 6.57. The topological polar surface area (TPSA) is 69.0 Å². The van der Waals surface area contributed by atoms with Crippen LogP contribution >= 0.6 is 0 Å². The molecule has 7 heteroatoms. The van der Waals surface area contributed by atoms with Gasteiger partial charge in [-0.3, -0.25) is 4.79 Å². The summed E-state index contributed by atoms with van der Waals surface area (Å²) in [6.07, 6.45) is 1.50. The number of aromatic nitrogens is 3. The summed E-state index contributed by atoms with van der Waals surface area (Å²) in [6, 6.07) is 6.10. The van der Waals surface area contributed by atoms with E-state index in [2.05, 4.69) is 15.6 Å². The number of ether oxygens (including phenoxy) is 1. The molecule has 0 spiro atoms. The summed E-state index contributed by atoms with van der Waals surface area (Å²) in [5, 5.41) is 10.3. The van der Waals surface area contributed by atoms with E-state index < -0.39 is 0 Å². The number of carbonyl (C=O) groups is 1. The van der Waals surface area contributed by atoms with E-state index >= 15 is 0 Å². The Hall–Kier alpha value is -2.28. The Bertz CT molecular complexity index is 615. The van der Waals surface area contributed by atoms with Crippen molar-refractivity contribution in [2.75, 3.05) is 20.3 Å². The quantitative estimate of drug-likeness (QED) is 0.817. The third-order valence-corrected chi connectivity index (χ3v) is 3.09. The zero-order valence-electron chi connectivity index (χ0n) is 11.9. The molecule has 0 unspecified atom stereocenters. The number of rotatable bonds is 6. The van der Waals surface area contributed by atoms with Gasteiger partial charge in [-0.1, -0.05) is 23.4 Å². The third-order valence-electron chi connectivity index (χ3n) is 3.09. The summed E-state index contributed by atoms with van der Waals surface area (Å²) in [6.45, 7) is 2.61. The summed E-state index contributed by atoms with van der Waals surface area (Å²) in [5.41, 5.74) is 0.683. The number of benzene rings is 1. The third kappa shape index (κ3) is 3.63. The van der Waals surface area contributed by atoms with Crippen LogP contribution in [0.2, 0.25) is 0 Å². The van der Waals surface area contributed by atoms with Gasteiger partial charge in [0, 0.05) is 19.2 Å². The Morgan fingerprint density at radius 2 is 2.24 bits per heavy atom. The van der Waals surface area contributed by atoms with Crippen LogP contribution in [-0.2, 0) is 4.74 Å². The number of methoxy groups -OCH3 is 1. The minimum absolute atomic E-state index is 0.189. The molecule has 112 valence electrons. The molecule has 1 heterocycles. The highest BCUT2D eigenvalue weighted by atomic mass is 19.1. The van der Waals surface area contributed by atoms with Crippen LogP contribution in [0.15, 0.2) is 30.5 Å². The first kappa shape index (κ1) is 15.1. The van der Waals surface area contributed by atoms with Crippen molar-refractivity contribution in [3.8, 4) is 0 Å². The highest BCUT2D eigenvalue weighted by molar-refractivity contribution is 5.91. The Kier molecular flexibility index (Phi) is 4.99. The van der Waals surface area contributed by atoms with E-state index in [4.69, 9.17) is 4.74 Å². The lowest BCUT2D eigenvalue weighted by molar-refractivity contribution is 0.0932. The minimum atomic E-state index is -0.348. The second-order valence-corrected chi connectivity index (χ2v) is 4.53. The molecule has 2 aromatic rings. The Morgan fingerprint density at radius 3 is 2.95 bits per heavy atom. The van der Waals surface area contributed by atoms with E-state index in [0.717, 1.165) is 0 Å². The van der Waals surface area contributed by atoms with Gasteiger partial charge in [-0.2, -0.15) is 0 Å². The highest BCUT2D eigenvalue weighted by Gasteiger charge is 2.16. The number of hydrogen-bond donors (Lipinski definition) is 1. The van der Waals surface area contributed by atoms with Crippen LogP contribution in [-0.4, -0.2) is 41.2 Å². The molecule has 0 aliphatic rings. The van der Waals surface area contributed by atoms with Crippen LogP contribution in [0.25, 0.3) is 0 Å². The zero-order chi connectivity index (χ0) is 15.2. The van der Waals surface area contributed by atoms with Gasteiger partial charge >= 0.3 is 0 Å². The zero-order valence-corrected chi connectivity index (χ0v) is 11.9. The molecule has 2 rings (SSSR count). The number of nitrogens with one attached hydrogen (secondary N) is 1. The molecule has 0 aliphatic heterocycles. The second-order valence-electron chi connectivity index (χ2n) is 4.53. The van der Waals surface area contributed by atoms with E-state index in [0.29, 0.717) is 18.7 Å². The van der Waals surface area contributed by atoms with Crippen molar-refractivity contribution in [3.63, 3.8) is 0 Å². The fourth-order valence-electron chi connectivity index (χ4n) is 1.88. The predicted molar refractivity (Wildman–Crippen MR) is 74.4 cm³/mol. The first-order valence-corrected chi connectivity index (χ1v) is 6.57. The number of nitrogens with zero attached hydrogens (tertiary/aromatic N) is 3. The van der Waals surface area contributed by atoms with Gasteiger partial charge in [-0.05, 0) is 13.0 Å². The van der Waals surface area contributed by atoms with Crippen LogP contribution in [0.3, 0.4) is 0 Å². The normalized spacial score (nSPS) is 12.1. The van der Waals surface area contributed by atoms with E-state index in [1.54, 1.807) is 32.2 Å². The van der Waals surface area contributed by atoms with Crippen LogP contribution in [0.4, 0.5) is 4.39 Å². The monoisotopic (exact) mass is 292 g/mol. The van der Waals surface area contributed by atoms with Gasteiger partial charge in [0.1, 0.15) is 5.82 Å². The van der Waals surface area contributed by atoms with Crippen LogP contribution in [0.1, 0.15) is 29.0 Å². The fourth-order valence-corrected chi connectivity index (χ4v) is 1.88. The Morgan fingerprint density at radius 1 is 1.48 bits per heavy atom. The molecule has 1 atom stereocenters. The van der Waals surface area contributed by atoms with Crippen molar-refractivity contribution >= 4 is 5.91 Å². The van der Waals surface area contributed by atoms with E-state index in [1.165, 1.54) is 16.9 Å². The SMILES string of the molecule is COCCNC(=O)c1cn([C@@H](C)c2ccccc2F)nn1. The summed E-state index contributed by atoms with van der Waals surface area (Å²) in [4.78, 5) is 11.8. The first-order chi connectivity index (χ1) is 10.1. The van der Waals surface area contributed by atoms with Crippen molar-refractivity contribution in [2.24, 2.45) is 0 Å². The lowest BCUT2D eigenvalue weighted by Gasteiger charge is -2.12. The summed E-state index contributed by atoms with van der Waals surface area (Å²) < 4.78 is 20.0. The molecule has 0 fully saturated rings. The maximum absolute atomic E-state index is 13.7. The van der Waals surface area contributed by atoms with E-state index in [1.807, 2.05) is 0 Å². The molecular weight excluding hydrogens is 275 g/mol. The van der Waals surface area contributed by atoms with Crippen molar-refractivity contribution in [3.05, 3.63) is 47.5 Å². The number of halogens is 1. The van der Waals surface area contributed by atoms with E-state index in [-0.39, 0.29) is 23.5 Å². The summed E-state index contributed by atoms with van der Waals surface area (Å²) >= 11 is 0. The minimum Gasteiger partial charge on any atom is -0.383 e. The Labute approximate surface area is 121 Å². The van der Waals surface area contributed by atoms with Gasteiger partial charge < -0.3 is 10.1 Å². The molecule has 0 saturated heterocycles. The van der Waals surface area contributed by atoms with Gasteiger partial charge in [0.2, 0.25) is 0 Å². The van der Waals surface area contributed by atoms with Gasteiger partial charge in [-0.15, -0.1) is 5.10 Å². The number of carbonyl (C=O) groups excluding carboxylic acids is 1. The lowest BCUT2D eigenvalue weighted by Crippen LogP contribution is -2.27. The summed E-state index contributed by atoms with van der Waals surface area (Å²) in [5.74, 6) is -0.648. The molecule has 6 nitrogen and oxygen atoms in total. The number of hydrogen-bond acceptors (Lipinski definition) is 4. The highest BCUT2D eigenvalue weighted by Crippen LogP contribution is 2.19. The van der Waals surface area contributed by atoms with Crippen molar-refractivity contribution in [2.45, 2.75) is 13.0 Å². The summed E-state index contributed by atoms with van der Waals surface area (Å²) in [7, 11) is 1.55. The van der Waals surface area contributed by atoms with Crippen molar-refractivity contribution < 1.29 is 13.9 Å². The molecule has 1 N–H and O–H groups in total. The molecule has 1 aromatic carbocycles. The second kappa shape index (κ2) is 6.94. The van der Waals surface area contributed by atoms with Crippen molar-refractivity contribution in [1.29, 1.82) is 0 Å². The molecule has 0 bridgehead atoms. The largest absolute Gasteiger partial charge is 0.383 e. The number of amides is 1. The van der Waals surface area contributed by atoms with E-state index in [9.17, 15) is 9.18 Å². The van der Waals surface area contributed by atoms with Gasteiger partial charge in [0.25, 0.3) is 5.91 Å². The fraction of sp³-hybridized carbons (Fsp3) is 0.357. The smallest absolute Gasteiger partial charge is 0.273 e. The Balaban J connectivity index is 2.09. The molecule has 1 amide bonds. The predicted octanol–water partition coefficient (Wildman–Crippen LogP) is 1.40.